The number of ether oxygens (including phenoxy) is 2. The van der Waals surface area contributed by atoms with E-state index in [1.165, 1.54) is 19.3 Å². The summed E-state index contributed by atoms with van der Waals surface area (Å²) in [6.07, 6.45) is 3.98. The van der Waals surface area contributed by atoms with Crippen LogP contribution < -0.4 is 5.32 Å². The minimum atomic E-state index is -0.732. The average Bonchev–Trinajstić information content (AvgIpc) is 3.26. The number of furan rings is 1. The summed E-state index contributed by atoms with van der Waals surface area (Å²) in [6, 6.07) is 3.32. The van der Waals surface area contributed by atoms with Gasteiger partial charge in [-0.3, -0.25) is 9.59 Å². The van der Waals surface area contributed by atoms with Crippen molar-refractivity contribution in [2.45, 2.75) is 20.8 Å². The van der Waals surface area contributed by atoms with E-state index in [9.17, 15) is 19.2 Å². The van der Waals surface area contributed by atoms with Crippen LogP contribution >= 0.6 is 11.3 Å². The Morgan fingerprint density at radius 3 is 2.61 bits per heavy atom. The number of nitrogens with one attached hydrogen (secondary N) is 1. The lowest BCUT2D eigenvalue weighted by molar-refractivity contribution is -0.142. The first kappa shape index (κ1) is 21.1. The van der Waals surface area contributed by atoms with E-state index in [0.717, 1.165) is 17.4 Å². The average molecular weight is 405 g/mol. The van der Waals surface area contributed by atoms with Crippen molar-refractivity contribution in [1.29, 1.82) is 0 Å². The number of hydrogen-bond acceptors (Lipinski definition) is 8. The molecule has 0 aliphatic rings. The molecule has 0 saturated heterocycles. The lowest BCUT2D eigenvalue weighted by Crippen LogP contribution is -2.21. The van der Waals surface area contributed by atoms with Crippen LogP contribution in [0, 0.1) is 6.92 Å². The second-order valence-corrected chi connectivity index (χ2v) is 6.56. The first-order chi connectivity index (χ1) is 13.3. The maximum atomic E-state index is 12.2. The van der Waals surface area contributed by atoms with E-state index in [-0.39, 0.29) is 23.0 Å². The third-order valence-electron chi connectivity index (χ3n) is 3.47. The van der Waals surface area contributed by atoms with Crippen LogP contribution in [0.15, 0.2) is 28.9 Å². The molecule has 0 unspecified atom stereocenters. The number of carbonyl (C=O) groups is 4. The van der Waals surface area contributed by atoms with E-state index >= 15 is 0 Å². The van der Waals surface area contributed by atoms with Gasteiger partial charge in [0.15, 0.2) is 12.4 Å². The summed E-state index contributed by atoms with van der Waals surface area (Å²) in [7, 11) is 0. The van der Waals surface area contributed by atoms with Crippen molar-refractivity contribution in [1.82, 2.24) is 0 Å². The number of hydrogen-bond donors (Lipinski definition) is 1. The standard InChI is InChI=1S/C19H19NO7S/c1-4-25-19(24)16-11(2)17(12(3)21)28-18(16)20-14(22)10-27-15(23)8-7-13-6-5-9-26-13/h5-9H,4,10H2,1-3H3,(H,20,22). The van der Waals surface area contributed by atoms with Crippen LogP contribution in [0.2, 0.25) is 0 Å². The fourth-order valence-electron chi connectivity index (χ4n) is 2.27. The molecule has 0 radical (unpaired) electrons. The number of esters is 2. The molecule has 0 spiro atoms. The zero-order valence-electron chi connectivity index (χ0n) is 15.6. The fraction of sp³-hybridized carbons (Fsp3) is 0.263. The molecule has 2 aromatic rings. The van der Waals surface area contributed by atoms with Gasteiger partial charge in [0.1, 0.15) is 10.8 Å². The van der Waals surface area contributed by atoms with Gasteiger partial charge >= 0.3 is 11.9 Å². The highest BCUT2D eigenvalue weighted by Crippen LogP contribution is 2.34. The van der Waals surface area contributed by atoms with Gasteiger partial charge in [-0.1, -0.05) is 0 Å². The molecule has 1 amide bonds. The number of anilines is 1. The lowest BCUT2D eigenvalue weighted by atomic mass is 10.1. The minimum absolute atomic E-state index is 0.120. The molecule has 8 nitrogen and oxygen atoms in total. The predicted octanol–water partition coefficient (Wildman–Crippen LogP) is 3.22. The molecule has 28 heavy (non-hydrogen) atoms. The van der Waals surface area contributed by atoms with Gasteiger partial charge in [0.2, 0.25) is 0 Å². The number of rotatable bonds is 8. The molecule has 0 fully saturated rings. The van der Waals surface area contributed by atoms with Crippen molar-refractivity contribution in [2.24, 2.45) is 0 Å². The summed E-state index contributed by atoms with van der Waals surface area (Å²) in [4.78, 5) is 48.0. The zero-order chi connectivity index (χ0) is 20.7. The van der Waals surface area contributed by atoms with Crippen molar-refractivity contribution >= 4 is 46.0 Å². The lowest BCUT2D eigenvalue weighted by Gasteiger charge is -2.07. The molecule has 148 valence electrons. The van der Waals surface area contributed by atoms with Gasteiger partial charge < -0.3 is 19.2 Å². The Morgan fingerprint density at radius 1 is 1.25 bits per heavy atom. The largest absolute Gasteiger partial charge is 0.465 e. The summed E-state index contributed by atoms with van der Waals surface area (Å²) < 4.78 is 14.9. The number of Topliss-reactive ketones (excluding diaryl/α,β-unsaturated/α-hetero) is 1. The molecule has 9 heteroatoms. The Morgan fingerprint density at radius 2 is 2.00 bits per heavy atom. The van der Waals surface area contributed by atoms with Crippen LogP contribution in [0.25, 0.3) is 6.08 Å². The molecule has 2 heterocycles. The molecule has 0 atom stereocenters. The minimum Gasteiger partial charge on any atom is -0.465 e. The molecule has 2 aromatic heterocycles. The highest BCUT2D eigenvalue weighted by atomic mass is 32.1. The molecule has 0 saturated carbocycles. The van der Waals surface area contributed by atoms with Crippen molar-refractivity contribution in [3.8, 4) is 0 Å². The molecule has 0 bridgehead atoms. The Labute approximate surface area is 165 Å². The van der Waals surface area contributed by atoms with E-state index in [1.807, 2.05) is 0 Å². The SMILES string of the molecule is CCOC(=O)c1c(NC(=O)COC(=O)C=Cc2ccco2)sc(C(C)=O)c1C. The fourth-order valence-corrected chi connectivity index (χ4v) is 3.38. The smallest absolute Gasteiger partial charge is 0.341 e. The summed E-state index contributed by atoms with van der Waals surface area (Å²) in [5, 5.41) is 2.67. The quantitative estimate of drug-likeness (QED) is 0.408. The van der Waals surface area contributed by atoms with Crippen LogP contribution in [0.1, 0.15) is 45.2 Å². The monoisotopic (exact) mass is 405 g/mol. The van der Waals surface area contributed by atoms with Gasteiger partial charge in [-0.2, -0.15) is 0 Å². The Hall–Kier alpha value is -3.20. The van der Waals surface area contributed by atoms with Gasteiger partial charge in [-0.15, -0.1) is 11.3 Å². The predicted molar refractivity (Wildman–Crippen MR) is 102 cm³/mol. The van der Waals surface area contributed by atoms with Gasteiger partial charge in [-0.05, 0) is 44.5 Å². The molecule has 0 aliphatic heterocycles. The van der Waals surface area contributed by atoms with E-state index in [4.69, 9.17) is 13.9 Å². The molecular formula is C19H19NO7S. The van der Waals surface area contributed by atoms with E-state index in [0.29, 0.717) is 16.2 Å². The maximum Gasteiger partial charge on any atom is 0.341 e. The number of carbonyl (C=O) groups excluding carboxylic acids is 4. The topological polar surface area (TPSA) is 112 Å². The molecule has 2 rings (SSSR count). The van der Waals surface area contributed by atoms with Crippen molar-refractivity contribution in [2.75, 3.05) is 18.5 Å². The van der Waals surface area contributed by atoms with Crippen LogP contribution in [-0.2, 0) is 19.1 Å². The second-order valence-electron chi connectivity index (χ2n) is 5.54. The summed E-state index contributed by atoms with van der Waals surface area (Å²) in [5.74, 6) is -1.79. The summed E-state index contributed by atoms with van der Waals surface area (Å²) >= 11 is 0.970. The number of amides is 1. The van der Waals surface area contributed by atoms with Crippen LogP contribution in [0.4, 0.5) is 5.00 Å². The van der Waals surface area contributed by atoms with Gasteiger partial charge in [0.25, 0.3) is 5.91 Å². The summed E-state index contributed by atoms with van der Waals surface area (Å²) in [6.45, 7) is 4.22. The number of ketones is 1. The Balaban J connectivity index is 2.04. The highest BCUT2D eigenvalue weighted by molar-refractivity contribution is 7.18. The van der Waals surface area contributed by atoms with Crippen molar-refractivity contribution in [3.05, 3.63) is 46.2 Å². The molecular weight excluding hydrogens is 386 g/mol. The normalized spacial score (nSPS) is 10.7. The Kier molecular flexibility index (Phi) is 7.28. The first-order valence-electron chi connectivity index (χ1n) is 8.33. The molecule has 1 N–H and O–H groups in total. The third kappa shape index (κ3) is 5.40. The zero-order valence-corrected chi connectivity index (χ0v) is 16.4. The molecule has 0 aromatic carbocycles. The molecule has 0 aliphatic carbocycles. The van der Waals surface area contributed by atoms with E-state index < -0.39 is 24.5 Å². The van der Waals surface area contributed by atoms with Gasteiger partial charge in [0.05, 0.1) is 23.3 Å². The van der Waals surface area contributed by atoms with Crippen LogP contribution in [0.5, 0.6) is 0 Å². The van der Waals surface area contributed by atoms with E-state index in [2.05, 4.69) is 5.32 Å². The van der Waals surface area contributed by atoms with Gasteiger partial charge in [-0.25, -0.2) is 9.59 Å². The Bertz CT molecular complexity index is 909. The summed E-state index contributed by atoms with van der Waals surface area (Å²) in [5.41, 5.74) is 0.555. The second kappa shape index (κ2) is 9.65. The first-order valence-corrected chi connectivity index (χ1v) is 9.14. The van der Waals surface area contributed by atoms with Crippen molar-refractivity contribution < 1.29 is 33.1 Å². The maximum absolute atomic E-state index is 12.2. The van der Waals surface area contributed by atoms with Crippen LogP contribution in [0.3, 0.4) is 0 Å². The third-order valence-corrected chi connectivity index (χ3v) is 4.78. The van der Waals surface area contributed by atoms with Crippen molar-refractivity contribution in [3.63, 3.8) is 0 Å². The highest BCUT2D eigenvalue weighted by Gasteiger charge is 2.25. The van der Waals surface area contributed by atoms with Crippen LogP contribution in [-0.4, -0.2) is 36.8 Å². The number of thiophene rings is 1. The van der Waals surface area contributed by atoms with E-state index in [1.54, 1.807) is 26.0 Å². The van der Waals surface area contributed by atoms with Gasteiger partial charge in [0, 0.05) is 6.08 Å².